The molecule has 26 heavy (non-hydrogen) atoms. The molecule has 2 aromatic rings. The fourth-order valence-electron chi connectivity index (χ4n) is 3.03. The van der Waals surface area contributed by atoms with Crippen LogP contribution < -0.4 is 5.32 Å². The monoisotopic (exact) mass is 409 g/mol. The highest BCUT2D eigenvalue weighted by Crippen LogP contribution is 2.33. The van der Waals surface area contributed by atoms with E-state index in [0.29, 0.717) is 23.5 Å². The van der Waals surface area contributed by atoms with Crippen molar-refractivity contribution in [3.63, 3.8) is 0 Å². The molecule has 0 saturated carbocycles. The molecule has 0 unspecified atom stereocenters. The maximum Gasteiger partial charge on any atom is 0.253 e. The Morgan fingerprint density at radius 2 is 2.15 bits per heavy atom. The Morgan fingerprint density at radius 1 is 1.38 bits per heavy atom. The van der Waals surface area contributed by atoms with E-state index in [9.17, 15) is 18.5 Å². The standard InChI is InChI=1S/C17H19N3O3S3/c1-11-12(2)25-17(13(11)10-18)19-16(21)14-6-3-4-8-20(14)26(22,23)15-7-5-9-24-15/h5,7,9,14H,3-4,6,8H2,1-2H3,(H,19,21)/t14-/m1/s1. The minimum atomic E-state index is -3.69. The van der Waals surface area contributed by atoms with Crippen molar-refractivity contribution in [3.8, 4) is 6.07 Å². The first-order valence-electron chi connectivity index (χ1n) is 8.22. The number of hydrogen-bond donors (Lipinski definition) is 1. The van der Waals surface area contributed by atoms with E-state index in [1.807, 2.05) is 13.8 Å². The first-order valence-corrected chi connectivity index (χ1v) is 11.4. The van der Waals surface area contributed by atoms with Gasteiger partial charge in [0.05, 0.1) is 5.56 Å². The average Bonchev–Trinajstić information content (AvgIpc) is 3.25. The predicted octanol–water partition coefficient (Wildman–Crippen LogP) is 3.48. The van der Waals surface area contributed by atoms with Crippen LogP contribution >= 0.6 is 22.7 Å². The third-order valence-corrected chi connectivity index (χ3v) is 8.95. The van der Waals surface area contributed by atoms with Gasteiger partial charge < -0.3 is 5.32 Å². The average molecular weight is 410 g/mol. The summed E-state index contributed by atoms with van der Waals surface area (Å²) in [4.78, 5) is 13.8. The van der Waals surface area contributed by atoms with Crippen LogP contribution in [0, 0.1) is 25.2 Å². The number of thiophene rings is 2. The van der Waals surface area contributed by atoms with Crippen LogP contribution in [0.3, 0.4) is 0 Å². The second-order valence-corrected chi connectivity index (χ2v) is 10.4. The molecule has 1 saturated heterocycles. The minimum absolute atomic E-state index is 0.248. The summed E-state index contributed by atoms with van der Waals surface area (Å²) in [5, 5.41) is 14.3. The van der Waals surface area contributed by atoms with Crippen molar-refractivity contribution < 1.29 is 13.2 Å². The third-order valence-electron chi connectivity index (χ3n) is 4.55. The second-order valence-electron chi connectivity index (χ2n) is 6.15. The van der Waals surface area contributed by atoms with Crippen LogP contribution in [0.2, 0.25) is 0 Å². The Bertz CT molecular complexity index is 956. The van der Waals surface area contributed by atoms with Crippen LogP contribution in [-0.2, 0) is 14.8 Å². The number of rotatable bonds is 4. The molecule has 0 bridgehead atoms. The van der Waals surface area contributed by atoms with Crippen LogP contribution in [0.25, 0.3) is 0 Å². The zero-order valence-corrected chi connectivity index (χ0v) is 16.9. The largest absolute Gasteiger partial charge is 0.315 e. The molecule has 0 aromatic carbocycles. The Balaban J connectivity index is 1.88. The molecule has 1 aliphatic heterocycles. The van der Waals surface area contributed by atoms with Gasteiger partial charge in [-0.1, -0.05) is 12.5 Å². The van der Waals surface area contributed by atoms with Gasteiger partial charge in [0.2, 0.25) is 5.91 Å². The van der Waals surface area contributed by atoms with Crippen LogP contribution in [0.5, 0.6) is 0 Å². The van der Waals surface area contributed by atoms with Crippen LogP contribution in [0.4, 0.5) is 5.00 Å². The van der Waals surface area contributed by atoms with Crippen molar-refractivity contribution in [1.29, 1.82) is 5.26 Å². The second kappa shape index (κ2) is 7.48. The molecule has 0 aliphatic carbocycles. The highest BCUT2D eigenvalue weighted by molar-refractivity contribution is 7.91. The smallest absolute Gasteiger partial charge is 0.253 e. The van der Waals surface area contributed by atoms with Gasteiger partial charge >= 0.3 is 0 Å². The summed E-state index contributed by atoms with van der Waals surface area (Å²) in [6, 6.07) is 4.61. The zero-order valence-electron chi connectivity index (χ0n) is 14.5. The molecule has 1 atom stereocenters. The zero-order chi connectivity index (χ0) is 18.9. The summed E-state index contributed by atoms with van der Waals surface area (Å²) in [5.41, 5.74) is 1.30. The molecule has 6 nitrogen and oxygen atoms in total. The van der Waals surface area contributed by atoms with Crippen molar-refractivity contribution in [3.05, 3.63) is 33.5 Å². The predicted molar refractivity (Wildman–Crippen MR) is 103 cm³/mol. The van der Waals surface area contributed by atoms with Crippen LogP contribution in [0.15, 0.2) is 21.7 Å². The maximum atomic E-state index is 12.9. The van der Waals surface area contributed by atoms with Gasteiger partial charge in [0, 0.05) is 11.4 Å². The Kier molecular flexibility index (Phi) is 5.48. The quantitative estimate of drug-likeness (QED) is 0.837. The summed E-state index contributed by atoms with van der Waals surface area (Å²) < 4.78 is 27.4. The molecule has 1 amide bonds. The van der Waals surface area contributed by atoms with Gasteiger partial charge in [0.25, 0.3) is 10.0 Å². The van der Waals surface area contributed by atoms with Gasteiger partial charge in [-0.15, -0.1) is 22.7 Å². The van der Waals surface area contributed by atoms with E-state index >= 15 is 0 Å². The fourth-order valence-corrected chi connectivity index (χ4v) is 6.82. The van der Waals surface area contributed by atoms with E-state index in [1.165, 1.54) is 15.6 Å². The normalized spacial score (nSPS) is 18.4. The fraction of sp³-hybridized carbons (Fsp3) is 0.412. The third kappa shape index (κ3) is 3.42. The molecule has 0 spiro atoms. The Labute approximate surface area is 161 Å². The van der Waals surface area contributed by atoms with E-state index < -0.39 is 16.1 Å². The number of anilines is 1. The number of nitrogens with one attached hydrogen (secondary N) is 1. The number of nitriles is 1. The Morgan fingerprint density at radius 3 is 2.81 bits per heavy atom. The number of sulfonamides is 1. The summed E-state index contributed by atoms with van der Waals surface area (Å²) in [7, 11) is -3.69. The molecule has 3 heterocycles. The first kappa shape index (κ1) is 19.0. The summed E-state index contributed by atoms with van der Waals surface area (Å²) >= 11 is 2.49. The van der Waals surface area contributed by atoms with E-state index in [0.717, 1.165) is 34.6 Å². The molecule has 138 valence electrons. The summed E-state index contributed by atoms with van der Waals surface area (Å²) in [6.07, 6.45) is 2.00. The van der Waals surface area contributed by atoms with Crippen molar-refractivity contribution in [2.75, 3.05) is 11.9 Å². The molecule has 2 aromatic heterocycles. The molecule has 9 heteroatoms. The lowest BCUT2D eigenvalue weighted by molar-refractivity contribution is -0.120. The lowest BCUT2D eigenvalue weighted by atomic mass is 10.0. The number of aryl methyl sites for hydroxylation is 1. The van der Waals surface area contributed by atoms with E-state index in [4.69, 9.17) is 0 Å². The van der Waals surface area contributed by atoms with Gasteiger partial charge in [0.15, 0.2) is 0 Å². The maximum absolute atomic E-state index is 12.9. The molecule has 1 N–H and O–H groups in total. The number of amides is 1. The highest BCUT2D eigenvalue weighted by atomic mass is 32.2. The van der Waals surface area contributed by atoms with Gasteiger partial charge in [-0.05, 0) is 43.7 Å². The molecular weight excluding hydrogens is 390 g/mol. The number of piperidine rings is 1. The van der Waals surface area contributed by atoms with Crippen molar-refractivity contribution in [1.82, 2.24) is 4.31 Å². The topological polar surface area (TPSA) is 90.3 Å². The highest BCUT2D eigenvalue weighted by Gasteiger charge is 2.38. The number of nitrogens with zero attached hydrogens (tertiary/aromatic N) is 2. The number of carbonyl (C=O) groups excluding carboxylic acids is 1. The number of hydrogen-bond acceptors (Lipinski definition) is 6. The van der Waals surface area contributed by atoms with Crippen LogP contribution in [0.1, 0.15) is 35.3 Å². The molecule has 0 radical (unpaired) electrons. The number of carbonyl (C=O) groups is 1. The van der Waals surface area contributed by atoms with Crippen molar-refractivity contribution in [2.45, 2.75) is 43.4 Å². The van der Waals surface area contributed by atoms with Gasteiger partial charge in [-0.2, -0.15) is 9.57 Å². The first-order chi connectivity index (χ1) is 12.4. The van der Waals surface area contributed by atoms with E-state index in [-0.39, 0.29) is 10.1 Å². The SMILES string of the molecule is Cc1sc(NC(=O)[C@H]2CCCCN2S(=O)(=O)c2cccs2)c(C#N)c1C. The summed E-state index contributed by atoms with van der Waals surface area (Å²) in [6.45, 7) is 4.06. The van der Waals surface area contributed by atoms with Gasteiger partial charge in [-0.3, -0.25) is 4.79 Å². The Hall–Kier alpha value is -1.73. The summed E-state index contributed by atoms with van der Waals surface area (Å²) in [5.74, 6) is -0.373. The molecule has 1 fully saturated rings. The molecular formula is C17H19N3O3S3. The van der Waals surface area contributed by atoms with E-state index in [1.54, 1.807) is 17.5 Å². The molecule has 3 rings (SSSR count). The van der Waals surface area contributed by atoms with Crippen molar-refractivity contribution >= 4 is 43.6 Å². The minimum Gasteiger partial charge on any atom is -0.315 e. The lowest BCUT2D eigenvalue weighted by Gasteiger charge is -2.33. The molecule has 1 aliphatic rings. The van der Waals surface area contributed by atoms with E-state index in [2.05, 4.69) is 11.4 Å². The van der Waals surface area contributed by atoms with Crippen molar-refractivity contribution in [2.24, 2.45) is 0 Å². The van der Waals surface area contributed by atoms with Gasteiger partial charge in [0.1, 0.15) is 21.3 Å². The van der Waals surface area contributed by atoms with Crippen LogP contribution in [-0.4, -0.2) is 31.2 Å². The lowest BCUT2D eigenvalue weighted by Crippen LogP contribution is -2.49. The van der Waals surface area contributed by atoms with Gasteiger partial charge in [-0.25, -0.2) is 8.42 Å².